The average Bonchev–Trinajstić information content (AvgIpc) is 3.01. The van der Waals surface area contributed by atoms with Crippen LogP contribution in [0.2, 0.25) is 0 Å². The summed E-state index contributed by atoms with van der Waals surface area (Å²) in [4.78, 5) is 9.83. The second-order valence-corrected chi connectivity index (χ2v) is 6.71. The summed E-state index contributed by atoms with van der Waals surface area (Å²) >= 11 is 0. The number of benzene rings is 2. The second kappa shape index (κ2) is 7.70. The van der Waals surface area contributed by atoms with Gasteiger partial charge in [-0.1, -0.05) is 47.6 Å². The Balaban J connectivity index is 1.88. The van der Waals surface area contributed by atoms with Gasteiger partial charge in [-0.15, -0.1) is 0 Å². The van der Waals surface area contributed by atoms with Gasteiger partial charge < -0.3 is 9.74 Å². The predicted molar refractivity (Wildman–Crippen MR) is 104 cm³/mol. The highest BCUT2D eigenvalue weighted by Crippen LogP contribution is 2.31. The highest BCUT2D eigenvalue weighted by molar-refractivity contribution is 6.06. The van der Waals surface area contributed by atoms with E-state index < -0.39 is 0 Å². The third kappa shape index (κ3) is 3.69. The van der Waals surface area contributed by atoms with Gasteiger partial charge in [-0.3, -0.25) is 4.90 Å². The van der Waals surface area contributed by atoms with Crippen LogP contribution in [0.5, 0.6) is 0 Å². The van der Waals surface area contributed by atoms with Crippen molar-refractivity contribution >= 4 is 11.4 Å². The maximum atomic E-state index is 5.21. The van der Waals surface area contributed by atoms with Gasteiger partial charge >= 0.3 is 0 Å². The third-order valence-corrected chi connectivity index (χ3v) is 5.06. The van der Waals surface area contributed by atoms with Crippen LogP contribution in [0.4, 0.5) is 5.69 Å². The number of fused-ring (bicyclic) bond motifs is 1. The molecule has 3 rings (SSSR count). The topological polar surface area (TPSA) is 28.1 Å². The van der Waals surface area contributed by atoms with E-state index in [9.17, 15) is 0 Å². The Hall–Kier alpha value is -2.33. The van der Waals surface area contributed by atoms with Crippen LogP contribution in [0.1, 0.15) is 23.6 Å². The number of likely N-dealkylation sites (N-methyl/N-ethyl adjacent to an activating group) is 2. The van der Waals surface area contributed by atoms with Crippen molar-refractivity contribution in [3.63, 3.8) is 0 Å². The normalized spacial score (nSPS) is 15.4. The van der Waals surface area contributed by atoms with Crippen LogP contribution in [0.25, 0.3) is 0 Å². The molecule has 1 aliphatic rings. The first kappa shape index (κ1) is 17.5. The Morgan fingerprint density at radius 2 is 1.96 bits per heavy atom. The van der Waals surface area contributed by atoms with E-state index >= 15 is 0 Å². The number of anilines is 1. The monoisotopic (exact) mass is 337 g/mol. The molecule has 0 saturated heterocycles. The lowest BCUT2D eigenvalue weighted by molar-refractivity contribution is 0.207. The van der Waals surface area contributed by atoms with Crippen molar-refractivity contribution < 1.29 is 4.84 Å². The molecule has 1 unspecified atom stereocenters. The van der Waals surface area contributed by atoms with Crippen LogP contribution in [0.3, 0.4) is 0 Å². The van der Waals surface area contributed by atoms with Gasteiger partial charge in [0.2, 0.25) is 0 Å². The molecule has 0 bridgehead atoms. The standard InChI is InChI=1S/C21H27N3O/c1-16(24(3)15-17-9-6-5-7-10-17)21(22-25-4)19-11-8-12-20-18(19)13-14-23(20)2/h5-12,16H,13-15H2,1-4H3. The van der Waals surface area contributed by atoms with Crippen molar-refractivity contribution in [1.82, 2.24) is 4.90 Å². The molecule has 0 spiro atoms. The van der Waals surface area contributed by atoms with Gasteiger partial charge in [0.15, 0.2) is 0 Å². The van der Waals surface area contributed by atoms with E-state index in [0.29, 0.717) is 0 Å². The summed E-state index contributed by atoms with van der Waals surface area (Å²) in [5, 5.41) is 4.42. The number of rotatable bonds is 6. The minimum absolute atomic E-state index is 0.151. The van der Waals surface area contributed by atoms with E-state index in [-0.39, 0.29) is 6.04 Å². The summed E-state index contributed by atoms with van der Waals surface area (Å²) in [5.41, 5.74) is 6.18. The van der Waals surface area contributed by atoms with Crippen LogP contribution >= 0.6 is 0 Å². The first-order valence-corrected chi connectivity index (χ1v) is 8.80. The molecule has 1 heterocycles. The van der Waals surface area contributed by atoms with E-state index in [1.807, 2.05) is 0 Å². The van der Waals surface area contributed by atoms with Crippen molar-refractivity contribution in [3.8, 4) is 0 Å². The van der Waals surface area contributed by atoms with E-state index in [0.717, 1.165) is 25.2 Å². The van der Waals surface area contributed by atoms with Gasteiger partial charge in [0.05, 0.1) is 6.04 Å². The highest BCUT2D eigenvalue weighted by Gasteiger charge is 2.25. The summed E-state index contributed by atoms with van der Waals surface area (Å²) in [6.45, 7) is 4.12. The van der Waals surface area contributed by atoms with E-state index in [4.69, 9.17) is 4.84 Å². The average molecular weight is 337 g/mol. The van der Waals surface area contributed by atoms with Crippen molar-refractivity contribution in [2.75, 3.05) is 32.6 Å². The lowest BCUT2D eigenvalue weighted by Gasteiger charge is -2.27. The molecular weight excluding hydrogens is 310 g/mol. The molecule has 0 radical (unpaired) electrons. The van der Waals surface area contributed by atoms with Crippen LogP contribution in [-0.2, 0) is 17.8 Å². The molecule has 1 atom stereocenters. The Morgan fingerprint density at radius 3 is 2.68 bits per heavy atom. The summed E-state index contributed by atoms with van der Waals surface area (Å²) in [6.07, 6.45) is 1.06. The molecule has 0 fully saturated rings. The van der Waals surface area contributed by atoms with Gasteiger partial charge in [0.1, 0.15) is 12.8 Å². The third-order valence-electron chi connectivity index (χ3n) is 5.06. The lowest BCUT2D eigenvalue weighted by Crippen LogP contribution is -2.36. The maximum Gasteiger partial charge on any atom is 0.106 e. The molecule has 0 aliphatic carbocycles. The van der Waals surface area contributed by atoms with Gasteiger partial charge in [-0.2, -0.15) is 0 Å². The molecule has 132 valence electrons. The van der Waals surface area contributed by atoms with Crippen molar-refractivity contribution in [3.05, 3.63) is 65.2 Å². The minimum Gasteiger partial charge on any atom is -0.399 e. The summed E-state index contributed by atoms with van der Waals surface area (Å²) in [5.74, 6) is 0. The summed E-state index contributed by atoms with van der Waals surface area (Å²) < 4.78 is 0. The molecule has 2 aromatic carbocycles. The zero-order valence-corrected chi connectivity index (χ0v) is 15.6. The zero-order chi connectivity index (χ0) is 17.8. The van der Waals surface area contributed by atoms with Crippen LogP contribution < -0.4 is 4.90 Å². The molecule has 2 aromatic rings. The molecule has 25 heavy (non-hydrogen) atoms. The first-order chi connectivity index (χ1) is 12.1. The SMILES string of the molecule is CON=C(c1cccc2c1CCN2C)C(C)N(C)Cc1ccccc1. The van der Waals surface area contributed by atoms with Crippen molar-refractivity contribution in [1.29, 1.82) is 0 Å². The molecule has 0 amide bonds. The predicted octanol–water partition coefficient (Wildman–Crippen LogP) is 3.55. The summed E-state index contributed by atoms with van der Waals surface area (Å²) in [7, 11) is 5.91. The molecular formula is C21H27N3O. The molecule has 0 N–H and O–H groups in total. The Kier molecular flexibility index (Phi) is 5.39. The number of hydrogen-bond donors (Lipinski definition) is 0. The fourth-order valence-electron chi connectivity index (χ4n) is 3.50. The van der Waals surface area contributed by atoms with Gasteiger partial charge in [-0.25, -0.2) is 0 Å². The largest absolute Gasteiger partial charge is 0.399 e. The fourth-order valence-corrected chi connectivity index (χ4v) is 3.50. The van der Waals surface area contributed by atoms with E-state index in [1.54, 1.807) is 7.11 Å². The molecule has 1 aliphatic heterocycles. The molecule has 4 nitrogen and oxygen atoms in total. The smallest absolute Gasteiger partial charge is 0.106 e. The Labute approximate surface area is 150 Å². The van der Waals surface area contributed by atoms with Crippen LogP contribution in [-0.4, -0.2) is 44.4 Å². The Bertz CT molecular complexity index is 742. The quantitative estimate of drug-likeness (QED) is 0.596. The lowest BCUT2D eigenvalue weighted by atomic mass is 9.96. The van der Waals surface area contributed by atoms with E-state index in [1.165, 1.54) is 22.4 Å². The number of oxime groups is 1. The summed E-state index contributed by atoms with van der Waals surface area (Å²) in [6, 6.07) is 17.2. The maximum absolute atomic E-state index is 5.21. The fraction of sp³-hybridized carbons (Fsp3) is 0.381. The number of nitrogens with zero attached hydrogens (tertiary/aromatic N) is 3. The molecule has 4 heteroatoms. The van der Waals surface area contributed by atoms with E-state index in [2.05, 4.69) is 84.5 Å². The van der Waals surface area contributed by atoms with Crippen LogP contribution in [0.15, 0.2) is 53.7 Å². The molecule has 0 saturated carbocycles. The van der Waals surface area contributed by atoms with Crippen LogP contribution in [0, 0.1) is 0 Å². The minimum atomic E-state index is 0.151. The van der Waals surface area contributed by atoms with Gasteiger partial charge in [0, 0.05) is 31.4 Å². The van der Waals surface area contributed by atoms with Gasteiger partial charge in [0.25, 0.3) is 0 Å². The Morgan fingerprint density at radius 1 is 1.20 bits per heavy atom. The molecule has 0 aromatic heterocycles. The van der Waals surface area contributed by atoms with Crippen molar-refractivity contribution in [2.45, 2.75) is 25.9 Å². The number of hydrogen-bond acceptors (Lipinski definition) is 4. The first-order valence-electron chi connectivity index (χ1n) is 8.80. The highest BCUT2D eigenvalue weighted by atomic mass is 16.6. The van der Waals surface area contributed by atoms with Gasteiger partial charge in [-0.05, 0) is 37.6 Å². The second-order valence-electron chi connectivity index (χ2n) is 6.71. The zero-order valence-electron chi connectivity index (χ0n) is 15.6. The van der Waals surface area contributed by atoms with Crippen molar-refractivity contribution in [2.24, 2.45) is 5.16 Å².